The van der Waals surface area contributed by atoms with Gasteiger partial charge in [0.15, 0.2) is 0 Å². The van der Waals surface area contributed by atoms with Crippen LogP contribution in [0.3, 0.4) is 0 Å². The summed E-state index contributed by atoms with van der Waals surface area (Å²) in [6, 6.07) is 3.03. The number of H-pyrrole nitrogens is 1. The van der Waals surface area contributed by atoms with Crippen LogP contribution in [0.4, 0.5) is 0 Å². The molecule has 1 aromatic heterocycles. The van der Waals surface area contributed by atoms with Gasteiger partial charge in [0.2, 0.25) is 5.56 Å². The van der Waals surface area contributed by atoms with Crippen molar-refractivity contribution in [2.24, 2.45) is 0 Å². The zero-order valence-electron chi connectivity index (χ0n) is 11.2. The molecule has 4 heteroatoms. The van der Waals surface area contributed by atoms with E-state index < -0.39 is 0 Å². The number of rotatable bonds is 7. The topological polar surface area (TPSA) is 53.2 Å². The van der Waals surface area contributed by atoms with Crippen molar-refractivity contribution in [2.45, 2.75) is 39.5 Å². The van der Waals surface area contributed by atoms with Crippen LogP contribution >= 0.6 is 0 Å². The largest absolute Gasteiger partial charge is 0.339 e. The summed E-state index contributed by atoms with van der Waals surface area (Å²) < 4.78 is 0. The van der Waals surface area contributed by atoms with Gasteiger partial charge in [-0.05, 0) is 18.9 Å². The smallest absolute Gasteiger partial charge is 0.254 e. The van der Waals surface area contributed by atoms with Gasteiger partial charge < -0.3 is 9.88 Å². The Labute approximate surface area is 108 Å². The molecule has 0 aromatic carbocycles. The molecular weight excluding hydrogens is 228 g/mol. The zero-order valence-corrected chi connectivity index (χ0v) is 11.2. The molecule has 0 saturated heterocycles. The van der Waals surface area contributed by atoms with Crippen molar-refractivity contribution < 1.29 is 4.79 Å². The number of carbonyl (C=O) groups is 1. The molecule has 0 aliphatic rings. The normalized spacial score (nSPS) is 10.3. The second-order valence-corrected chi connectivity index (χ2v) is 4.44. The number of carbonyl (C=O) groups excluding carboxylic acids is 1. The molecule has 0 atom stereocenters. The Morgan fingerprint density at radius 2 is 1.83 bits per heavy atom. The number of hydrogen-bond acceptors (Lipinski definition) is 2. The first-order valence-corrected chi connectivity index (χ1v) is 6.67. The highest BCUT2D eigenvalue weighted by molar-refractivity contribution is 5.94. The molecule has 0 aliphatic carbocycles. The Balaban J connectivity index is 2.77. The molecule has 0 unspecified atom stereocenters. The zero-order chi connectivity index (χ0) is 13.4. The monoisotopic (exact) mass is 250 g/mol. The Bertz CT molecular complexity index is 418. The quantitative estimate of drug-likeness (QED) is 0.808. The standard InChI is InChI=1S/C14H22N2O2/c1-3-5-9-16(10-6-4-2)14(18)12-7-8-15-13(17)11-12/h7-8,11H,3-6,9-10H2,1-2H3,(H,15,17). The molecule has 1 amide bonds. The molecule has 1 aromatic rings. The lowest BCUT2D eigenvalue weighted by atomic mass is 10.2. The third-order valence-corrected chi connectivity index (χ3v) is 2.87. The van der Waals surface area contributed by atoms with Crippen molar-refractivity contribution in [1.82, 2.24) is 9.88 Å². The van der Waals surface area contributed by atoms with Gasteiger partial charge >= 0.3 is 0 Å². The van der Waals surface area contributed by atoms with Crippen LogP contribution in [0.25, 0.3) is 0 Å². The number of hydrogen-bond donors (Lipinski definition) is 1. The fraction of sp³-hybridized carbons (Fsp3) is 0.571. The van der Waals surface area contributed by atoms with E-state index in [2.05, 4.69) is 18.8 Å². The van der Waals surface area contributed by atoms with Crippen LogP contribution < -0.4 is 5.56 Å². The number of aromatic amines is 1. The second-order valence-electron chi connectivity index (χ2n) is 4.44. The number of nitrogens with one attached hydrogen (secondary N) is 1. The van der Waals surface area contributed by atoms with Gasteiger partial charge in [-0.2, -0.15) is 0 Å². The Kier molecular flexibility index (Phi) is 6.19. The highest BCUT2D eigenvalue weighted by atomic mass is 16.2. The Morgan fingerprint density at radius 1 is 1.22 bits per heavy atom. The van der Waals surface area contributed by atoms with Gasteiger partial charge in [0.25, 0.3) is 5.91 Å². The highest BCUT2D eigenvalue weighted by Gasteiger charge is 2.14. The van der Waals surface area contributed by atoms with Crippen molar-refractivity contribution in [3.05, 3.63) is 34.2 Å². The maximum absolute atomic E-state index is 12.3. The van der Waals surface area contributed by atoms with Gasteiger partial charge in [-0.1, -0.05) is 26.7 Å². The number of amides is 1. The summed E-state index contributed by atoms with van der Waals surface area (Å²) in [6.07, 6.45) is 5.64. The number of pyridine rings is 1. The van der Waals surface area contributed by atoms with E-state index in [1.54, 1.807) is 6.07 Å². The molecule has 0 radical (unpaired) electrons. The number of aromatic nitrogens is 1. The Hall–Kier alpha value is -1.58. The molecule has 0 saturated carbocycles. The third-order valence-electron chi connectivity index (χ3n) is 2.87. The second kappa shape index (κ2) is 7.69. The summed E-state index contributed by atoms with van der Waals surface area (Å²) in [5.41, 5.74) is 0.248. The molecule has 0 bridgehead atoms. The number of unbranched alkanes of at least 4 members (excludes halogenated alkanes) is 2. The summed E-state index contributed by atoms with van der Waals surface area (Å²) >= 11 is 0. The maximum Gasteiger partial charge on any atom is 0.254 e. The molecule has 1 heterocycles. The fourth-order valence-electron chi connectivity index (χ4n) is 1.77. The highest BCUT2D eigenvalue weighted by Crippen LogP contribution is 2.06. The van der Waals surface area contributed by atoms with Gasteiger partial charge in [-0.15, -0.1) is 0 Å². The summed E-state index contributed by atoms with van der Waals surface area (Å²) in [4.78, 5) is 27.9. The van der Waals surface area contributed by atoms with Gasteiger partial charge in [-0.3, -0.25) is 9.59 Å². The van der Waals surface area contributed by atoms with Crippen molar-refractivity contribution in [3.8, 4) is 0 Å². The first kappa shape index (κ1) is 14.5. The molecule has 0 aliphatic heterocycles. The fourth-order valence-corrected chi connectivity index (χ4v) is 1.77. The number of nitrogens with zero attached hydrogens (tertiary/aromatic N) is 1. The SMILES string of the molecule is CCCCN(CCCC)C(=O)c1cc[nH]c(=O)c1. The van der Waals surface area contributed by atoms with Crippen molar-refractivity contribution in [1.29, 1.82) is 0 Å². The van der Waals surface area contributed by atoms with Crippen molar-refractivity contribution in [2.75, 3.05) is 13.1 Å². The Morgan fingerprint density at radius 3 is 2.33 bits per heavy atom. The summed E-state index contributed by atoms with van der Waals surface area (Å²) in [6.45, 7) is 5.75. The minimum atomic E-state index is -0.230. The lowest BCUT2D eigenvalue weighted by Crippen LogP contribution is -2.33. The average molecular weight is 250 g/mol. The van der Waals surface area contributed by atoms with Crippen molar-refractivity contribution in [3.63, 3.8) is 0 Å². The van der Waals surface area contributed by atoms with Gasteiger partial charge in [0.05, 0.1) is 0 Å². The predicted octanol–water partition coefficient (Wildman–Crippen LogP) is 2.42. The van der Waals surface area contributed by atoms with E-state index in [-0.39, 0.29) is 11.5 Å². The first-order chi connectivity index (χ1) is 8.69. The maximum atomic E-state index is 12.3. The van der Waals surface area contributed by atoms with Crippen molar-refractivity contribution >= 4 is 5.91 Å². The van der Waals surface area contributed by atoms with Gasteiger partial charge in [0, 0.05) is 30.9 Å². The molecule has 18 heavy (non-hydrogen) atoms. The van der Waals surface area contributed by atoms with Crippen LogP contribution in [0.15, 0.2) is 23.1 Å². The summed E-state index contributed by atoms with van der Waals surface area (Å²) in [7, 11) is 0. The first-order valence-electron chi connectivity index (χ1n) is 6.67. The van der Waals surface area contributed by atoms with Crippen LogP contribution in [0.2, 0.25) is 0 Å². The van der Waals surface area contributed by atoms with Gasteiger partial charge in [-0.25, -0.2) is 0 Å². The van der Waals surface area contributed by atoms with E-state index in [0.717, 1.165) is 38.8 Å². The lowest BCUT2D eigenvalue weighted by Gasteiger charge is -2.22. The minimum Gasteiger partial charge on any atom is -0.339 e. The van der Waals surface area contributed by atoms with E-state index in [1.165, 1.54) is 12.3 Å². The van der Waals surface area contributed by atoms with Gasteiger partial charge in [0.1, 0.15) is 0 Å². The molecular formula is C14H22N2O2. The summed E-state index contributed by atoms with van der Waals surface area (Å²) in [5.74, 6) is -0.0389. The minimum absolute atomic E-state index is 0.0389. The third kappa shape index (κ3) is 4.35. The average Bonchev–Trinajstić information content (AvgIpc) is 2.38. The molecule has 1 N–H and O–H groups in total. The molecule has 1 rings (SSSR count). The molecule has 0 spiro atoms. The summed E-state index contributed by atoms with van der Waals surface area (Å²) in [5, 5.41) is 0. The molecule has 0 fully saturated rings. The molecule has 100 valence electrons. The van der Waals surface area contributed by atoms with Crippen LogP contribution in [-0.4, -0.2) is 28.9 Å². The predicted molar refractivity (Wildman–Crippen MR) is 72.8 cm³/mol. The van der Waals surface area contributed by atoms with Crippen LogP contribution in [-0.2, 0) is 0 Å². The molecule has 4 nitrogen and oxygen atoms in total. The van der Waals surface area contributed by atoms with Crippen LogP contribution in [0.1, 0.15) is 49.9 Å². The van der Waals surface area contributed by atoms with E-state index in [9.17, 15) is 9.59 Å². The van der Waals surface area contributed by atoms with Crippen LogP contribution in [0.5, 0.6) is 0 Å². The van der Waals surface area contributed by atoms with E-state index in [0.29, 0.717) is 5.56 Å². The van der Waals surface area contributed by atoms with E-state index in [1.807, 2.05) is 4.90 Å². The van der Waals surface area contributed by atoms with E-state index in [4.69, 9.17) is 0 Å². The lowest BCUT2D eigenvalue weighted by molar-refractivity contribution is 0.0751. The van der Waals surface area contributed by atoms with Crippen LogP contribution in [0, 0.1) is 0 Å². The van der Waals surface area contributed by atoms with E-state index >= 15 is 0 Å².